The fourth-order valence-electron chi connectivity index (χ4n) is 3.07. The van der Waals surface area contributed by atoms with Crippen LogP contribution in [0.4, 0.5) is 19.3 Å². The first kappa shape index (κ1) is 16.4. The molecule has 1 saturated heterocycles. The van der Waals surface area contributed by atoms with E-state index in [1.54, 1.807) is 24.3 Å². The normalized spacial score (nSPS) is 17.0. The van der Waals surface area contributed by atoms with Gasteiger partial charge in [-0.1, -0.05) is 18.2 Å². The van der Waals surface area contributed by atoms with Gasteiger partial charge in [-0.05, 0) is 49.2 Å². The molecule has 1 atom stereocenters. The Balaban J connectivity index is 2.01. The van der Waals surface area contributed by atoms with Crippen LogP contribution in [0.3, 0.4) is 0 Å². The van der Waals surface area contributed by atoms with E-state index >= 15 is 0 Å². The standard InChI is InChI=1S/C18H18F2N2O2/c19-14-7-13(8-15(20)9-14)16-3-1-2-4-17(16)22(18(23)24)11-12-5-6-21-10-12/h1-4,7-9,12,21H,5-6,10-11H2,(H,23,24)/t12-/m1/s1. The van der Waals surface area contributed by atoms with Crippen LogP contribution in [0.1, 0.15) is 6.42 Å². The van der Waals surface area contributed by atoms with E-state index in [1.165, 1.54) is 17.0 Å². The summed E-state index contributed by atoms with van der Waals surface area (Å²) in [7, 11) is 0. The molecular weight excluding hydrogens is 314 g/mol. The van der Waals surface area contributed by atoms with Crippen molar-refractivity contribution in [2.45, 2.75) is 6.42 Å². The van der Waals surface area contributed by atoms with E-state index in [9.17, 15) is 18.7 Å². The maximum Gasteiger partial charge on any atom is 0.411 e. The highest BCUT2D eigenvalue weighted by Crippen LogP contribution is 2.32. The number of nitrogens with one attached hydrogen (secondary N) is 1. The topological polar surface area (TPSA) is 52.6 Å². The number of para-hydroxylation sites is 1. The fourth-order valence-corrected chi connectivity index (χ4v) is 3.07. The molecule has 126 valence electrons. The van der Waals surface area contributed by atoms with Gasteiger partial charge in [-0.15, -0.1) is 0 Å². The minimum Gasteiger partial charge on any atom is -0.465 e. The second-order valence-corrected chi connectivity index (χ2v) is 5.93. The lowest BCUT2D eigenvalue weighted by Crippen LogP contribution is -2.35. The predicted octanol–water partition coefficient (Wildman–Crippen LogP) is 3.73. The molecule has 0 aromatic heterocycles. The highest BCUT2D eigenvalue weighted by molar-refractivity contribution is 5.92. The van der Waals surface area contributed by atoms with Gasteiger partial charge in [0, 0.05) is 18.2 Å². The third-order valence-corrected chi connectivity index (χ3v) is 4.20. The van der Waals surface area contributed by atoms with Gasteiger partial charge in [0.15, 0.2) is 0 Å². The van der Waals surface area contributed by atoms with Crippen LogP contribution < -0.4 is 10.2 Å². The van der Waals surface area contributed by atoms with Crippen molar-refractivity contribution in [1.29, 1.82) is 0 Å². The van der Waals surface area contributed by atoms with Crippen LogP contribution in [0.2, 0.25) is 0 Å². The van der Waals surface area contributed by atoms with Gasteiger partial charge >= 0.3 is 6.09 Å². The van der Waals surface area contributed by atoms with Gasteiger partial charge in [0.2, 0.25) is 0 Å². The SMILES string of the molecule is O=C(O)N(C[C@@H]1CCNC1)c1ccccc1-c1cc(F)cc(F)c1. The summed E-state index contributed by atoms with van der Waals surface area (Å²) in [5.74, 6) is -1.17. The van der Waals surface area contributed by atoms with Gasteiger partial charge in [-0.3, -0.25) is 4.90 Å². The van der Waals surface area contributed by atoms with E-state index < -0.39 is 17.7 Å². The molecule has 0 bridgehead atoms. The summed E-state index contributed by atoms with van der Waals surface area (Å²) in [5, 5.41) is 12.8. The molecule has 0 radical (unpaired) electrons. The molecule has 1 amide bonds. The molecule has 0 unspecified atom stereocenters. The number of halogens is 2. The minimum atomic E-state index is -1.08. The minimum absolute atomic E-state index is 0.221. The molecule has 4 nitrogen and oxygen atoms in total. The molecule has 0 spiro atoms. The molecule has 2 aromatic rings. The van der Waals surface area contributed by atoms with Gasteiger partial charge in [0.05, 0.1) is 5.69 Å². The highest BCUT2D eigenvalue weighted by Gasteiger charge is 2.24. The number of amides is 1. The van der Waals surface area contributed by atoms with E-state index in [-0.39, 0.29) is 5.92 Å². The molecule has 1 fully saturated rings. The van der Waals surface area contributed by atoms with Crippen molar-refractivity contribution < 1.29 is 18.7 Å². The first-order valence-corrected chi connectivity index (χ1v) is 7.81. The van der Waals surface area contributed by atoms with E-state index in [0.717, 1.165) is 25.6 Å². The van der Waals surface area contributed by atoms with Crippen LogP contribution in [-0.2, 0) is 0 Å². The molecule has 1 aliphatic heterocycles. The van der Waals surface area contributed by atoms with E-state index in [0.29, 0.717) is 23.4 Å². The molecule has 3 rings (SSSR count). The second kappa shape index (κ2) is 6.97. The lowest BCUT2D eigenvalue weighted by Gasteiger charge is -2.25. The number of carbonyl (C=O) groups is 1. The molecule has 1 aliphatic rings. The van der Waals surface area contributed by atoms with Gasteiger partial charge in [-0.25, -0.2) is 13.6 Å². The Hall–Kier alpha value is -2.47. The summed E-state index contributed by atoms with van der Waals surface area (Å²) in [6.45, 7) is 1.98. The lowest BCUT2D eigenvalue weighted by atomic mass is 10.0. The van der Waals surface area contributed by atoms with Crippen LogP contribution in [0.5, 0.6) is 0 Å². The maximum atomic E-state index is 13.6. The van der Waals surface area contributed by atoms with Crippen molar-refractivity contribution in [2.24, 2.45) is 5.92 Å². The van der Waals surface area contributed by atoms with Crippen LogP contribution in [0.15, 0.2) is 42.5 Å². The van der Waals surface area contributed by atoms with E-state index in [1.807, 2.05) is 0 Å². The van der Waals surface area contributed by atoms with Crippen molar-refractivity contribution in [3.8, 4) is 11.1 Å². The van der Waals surface area contributed by atoms with E-state index in [4.69, 9.17) is 0 Å². The van der Waals surface area contributed by atoms with Crippen molar-refractivity contribution in [3.63, 3.8) is 0 Å². The summed E-state index contributed by atoms with van der Waals surface area (Å²) in [5.41, 5.74) is 1.24. The molecular formula is C18H18F2N2O2. The Kier molecular flexibility index (Phi) is 4.76. The molecule has 0 saturated carbocycles. The smallest absolute Gasteiger partial charge is 0.411 e. The fraction of sp³-hybridized carbons (Fsp3) is 0.278. The van der Waals surface area contributed by atoms with Crippen molar-refractivity contribution >= 4 is 11.8 Å². The monoisotopic (exact) mass is 332 g/mol. The number of rotatable bonds is 4. The summed E-state index contributed by atoms with van der Waals surface area (Å²) < 4.78 is 27.1. The van der Waals surface area contributed by atoms with Crippen LogP contribution in [-0.4, -0.2) is 30.8 Å². The van der Waals surface area contributed by atoms with Crippen molar-refractivity contribution in [3.05, 3.63) is 54.1 Å². The predicted molar refractivity (Wildman–Crippen MR) is 88.1 cm³/mol. The third kappa shape index (κ3) is 3.54. The summed E-state index contributed by atoms with van der Waals surface area (Å²) in [4.78, 5) is 13.0. The Labute approximate surface area is 138 Å². The Morgan fingerprint density at radius 3 is 2.54 bits per heavy atom. The van der Waals surface area contributed by atoms with Crippen molar-refractivity contribution in [2.75, 3.05) is 24.5 Å². The third-order valence-electron chi connectivity index (χ3n) is 4.20. The highest BCUT2D eigenvalue weighted by atomic mass is 19.1. The Morgan fingerprint density at radius 1 is 1.21 bits per heavy atom. The van der Waals surface area contributed by atoms with E-state index in [2.05, 4.69) is 5.32 Å². The van der Waals surface area contributed by atoms with Gasteiger partial charge in [0.25, 0.3) is 0 Å². The number of carboxylic acid groups (broad SMARTS) is 1. The van der Waals surface area contributed by atoms with Crippen molar-refractivity contribution in [1.82, 2.24) is 5.32 Å². The molecule has 24 heavy (non-hydrogen) atoms. The average molecular weight is 332 g/mol. The molecule has 2 N–H and O–H groups in total. The van der Waals surface area contributed by atoms with Gasteiger partial charge in [-0.2, -0.15) is 0 Å². The summed E-state index contributed by atoms with van der Waals surface area (Å²) in [6.07, 6.45) is -0.174. The average Bonchev–Trinajstić information content (AvgIpc) is 3.04. The zero-order chi connectivity index (χ0) is 17.1. The first-order chi connectivity index (χ1) is 11.5. The Bertz CT molecular complexity index is 725. The Morgan fingerprint density at radius 2 is 1.92 bits per heavy atom. The van der Waals surface area contributed by atoms with Gasteiger partial charge < -0.3 is 10.4 Å². The molecule has 2 aromatic carbocycles. The summed E-state index contributed by atoms with van der Waals surface area (Å²) >= 11 is 0. The maximum absolute atomic E-state index is 13.6. The number of nitrogens with zero attached hydrogens (tertiary/aromatic N) is 1. The quantitative estimate of drug-likeness (QED) is 0.897. The van der Waals surface area contributed by atoms with Crippen LogP contribution in [0, 0.1) is 17.6 Å². The van der Waals surface area contributed by atoms with Crippen LogP contribution in [0.25, 0.3) is 11.1 Å². The first-order valence-electron chi connectivity index (χ1n) is 7.81. The number of hydrogen-bond acceptors (Lipinski definition) is 2. The van der Waals surface area contributed by atoms with Gasteiger partial charge in [0.1, 0.15) is 11.6 Å². The molecule has 6 heteroatoms. The van der Waals surface area contributed by atoms with Crippen LogP contribution >= 0.6 is 0 Å². The lowest BCUT2D eigenvalue weighted by molar-refractivity contribution is 0.200. The molecule has 0 aliphatic carbocycles. The number of anilines is 1. The summed E-state index contributed by atoms with van der Waals surface area (Å²) in [6, 6.07) is 9.99. The zero-order valence-corrected chi connectivity index (χ0v) is 13.0. The number of hydrogen-bond donors (Lipinski definition) is 2. The molecule has 1 heterocycles. The largest absolute Gasteiger partial charge is 0.465 e. The second-order valence-electron chi connectivity index (χ2n) is 5.93. The zero-order valence-electron chi connectivity index (χ0n) is 13.0. The number of benzene rings is 2.